The fourth-order valence-corrected chi connectivity index (χ4v) is 2.46. The van der Waals surface area contributed by atoms with Crippen molar-refractivity contribution in [3.8, 4) is 0 Å². The van der Waals surface area contributed by atoms with Crippen molar-refractivity contribution in [3.05, 3.63) is 39.6 Å². The molecule has 6 heteroatoms. The number of hydrogen-bond donors (Lipinski definition) is 0. The number of esters is 2. The van der Waals surface area contributed by atoms with Crippen LogP contribution in [0.25, 0.3) is 0 Å². The molecule has 23 heavy (non-hydrogen) atoms. The van der Waals surface area contributed by atoms with Crippen molar-refractivity contribution < 1.29 is 19.1 Å². The molecule has 1 aliphatic carbocycles. The summed E-state index contributed by atoms with van der Waals surface area (Å²) in [6.45, 7) is 3.84. The summed E-state index contributed by atoms with van der Waals surface area (Å²) < 4.78 is 11.1. The first-order valence-corrected chi connectivity index (χ1v) is 8.74. The zero-order valence-corrected chi connectivity index (χ0v) is 15.4. The number of ether oxygens (including phenoxy) is 2. The van der Waals surface area contributed by atoms with Gasteiger partial charge in [-0.15, -0.1) is 0 Å². The molecule has 0 spiro atoms. The molecule has 1 saturated carbocycles. The average Bonchev–Trinajstić information content (AvgIpc) is 3.34. The van der Waals surface area contributed by atoms with Crippen LogP contribution in [-0.4, -0.2) is 31.2 Å². The average molecular weight is 429 g/mol. The molecule has 5 nitrogen and oxygen atoms in total. The minimum absolute atomic E-state index is 0.0702. The van der Waals surface area contributed by atoms with Gasteiger partial charge in [-0.2, -0.15) is 0 Å². The number of nitrogens with zero attached hydrogens (tertiary/aromatic N) is 1. The Bertz CT molecular complexity index is 573. The summed E-state index contributed by atoms with van der Waals surface area (Å²) in [5.41, 5.74) is 0.873. The summed E-state index contributed by atoms with van der Waals surface area (Å²) >= 11 is 2.24. The lowest BCUT2D eigenvalue weighted by molar-refractivity contribution is -0.146. The molecule has 1 aromatic rings. The van der Waals surface area contributed by atoms with Crippen LogP contribution < -0.4 is 4.90 Å². The maximum atomic E-state index is 12.1. The maximum Gasteiger partial charge on any atom is 0.347 e. The molecule has 0 saturated heterocycles. The second-order valence-corrected chi connectivity index (χ2v) is 6.34. The van der Waals surface area contributed by atoms with E-state index in [1.54, 1.807) is 20.0 Å². The molecular formula is C17H20INO4. The third-order valence-electron chi connectivity index (χ3n) is 3.32. The largest absolute Gasteiger partial charge is 0.462 e. The van der Waals surface area contributed by atoms with Gasteiger partial charge in [-0.05, 0) is 73.5 Å². The molecule has 0 unspecified atom stereocenters. The van der Waals surface area contributed by atoms with Gasteiger partial charge < -0.3 is 14.4 Å². The first-order chi connectivity index (χ1) is 11.1. The Labute approximate surface area is 149 Å². The smallest absolute Gasteiger partial charge is 0.347 e. The lowest BCUT2D eigenvalue weighted by Crippen LogP contribution is -2.25. The highest BCUT2D eigenvalue weighted by Gasteiger charge is 2.31. The van der Waals surface area contributed by atoms with Gasteiger partial charge >= 0.3 is 11.9 Å². The second kappa shape index (κ2) is 8.33. The lowest BCUT2D eigenvalue weighted by atomic mass is 10.2. The monoisotopic (exact) mass is 429 g/mol. The summed E-state index contributed by atoms with van der Waals surface area (Å²) in [4.78, 5) is 26.2. The van der Waals surface area contributed by atoms with E-state index in [1.165, 1.54) is 0 Å². The molecule has 0 atom stereocenters. The summed E-state index contributed by atoms with van der Waals surface area (Å²) in [5, 5.41) is 0. The maximum absolute atomic E-state index is 12.1. The van der Waals surface area contributed by atoms with Gasteiger partial charge in [-0.25, -0.2) is 9.59 Å². The van der Waals surface area contributed by atoms with Crippen molar-refractivity contribution in [2.45, 2.75) is 32.7 Å². The van der Waals surface area contributed by atoms with E-state index in [-0.39, 0.29) is 18.8 Å². The van der Waals surface area contributed by atoms with Crippen LogP contribution in [-0.2, 0) is 19.1 Å². The van der Waals surface area contributed by atoms with Crippen LogP contribution in [0.2, 0.25) is 0 Å². The van der Waals surface area contributed by atoms with Gasteiger partial charge in [0.05, 0.1) is 13.2 Å². The zero-order valence-electron chi connectivity index (χ0n) is 13.3. The molecule has 0 aliphatic heterocycles. The molecule has 124 valence electrons. The van der Waals surface area contributed by atoms with Crippen molar-refractivity contribution >= 4 is 40.2 Å². The predicted octanol–water partition coefficient (Wildman–Crippen LogP) is 3.27. The predicted molar refractivity (Wildman–Crippen MR) is 96.0 cm³/mol. The number of halogens is 1. The Hall–Kier alpha value is -1.57. The number of rotatable bonds is 7. The molecule has 0 N–H and O–H groups in total. The lowest BCUT2D eigenvalue weighted by Gasteiger charge is -2.21. The molecule has 0 amide bonds. The molecule has 0 heterocycles. The number of carbonyl (C=O) groups excluding carboxylic acids is 2. The van der Waals surface area contributed by atoms with Crippen LogP contribution in [0.4, 0.5) is 5.69 Å². The highest BCUT2D eigenvalue weighted by Crippen LogP contribution is 2.33. The summed E-state index contributed by atoms with van der Waals surface area (Å²) in [6.07, 6.45) is 3.62. The summed E-state index contributed by atoms with van der Waals surface area (Å²) in [6, 6.07) is 8.24. The molecule has 1 aromatic carbocycles. The van der Waals surface area contributed by atoms with E-state index >= 15 is 0 Å². The van der Waals surface area contributed by atoms with Crippen molar-refractivity contribution in [2.75, 3.05) is 18.1 Å². The highest BCUT2D eigenvalue weighted by atomic mass is 127. The van der Waals surface area contributed by atoms with Gasteiger partial charge in [0.2, 0.25) is 0 Å². The SMILES string of the molecule is CCOC(=O)C(=CN(c1ccc(I)cc1)C1CC1)C(=O)OCC. The quantitative estimate of drug-likeness (QED) is 0.219. The standard InChI is InChI=1S/C17H20INO4/c1-3-22-16(20)15(17(21)23-4-2)11-19(14-9-10-14)13-7-5-12(18)6-8-13/h5-8,11,14H,3-4,9-10H2,1-2H3. The Morgan fingerprint density at radius 1 is 1.13 bits per heavy atom. The Balaban J connectivity index is 2.33. The molecule has 0 aromatic heterocycles. The Morgan fingerprint density at radius 3 is 2.09 bits per heavy atom. The van der Waals surface area contributed by atoms with Crippen LogP contribution in [0.5, 0.6) is 0 Å². The van der Waals surface area contributed by atoms with Crippen LogP contribution in [0.3, 0.4) is 0 Å². The second-order valence-electron chi connectivity index (χ2n) is 5.10. The molecule has 1 aliphatic rings. The number of anilines is 1. The fourth-order valence-electron chi connectivity index (χ4n) is 2.10. The number of benzene rings is 1. The third kappa shape index (κ3) is 4.95. The van der Waals surface area contributed by atoms with E-state index in [0.717, 1.165) is 22.1 Å². The molecular weight excluding hydrogens is 409 g/mol. The number of carbonyl (C=O) groups is 2. The van der Waals surface area contributed by atoms with Crippen molar-refractivity contribution in [3.63, 3.8) is 0 Å². The van der Waals surface area contributed by atoms with Gasteiger partial charge in [0.25, 0.3) is 0 Å². The Morgan fingerprint density at radius 2 is 1.65 bits per heavy atom. The van der Waals surface area contributed by atoms with Crippen molar-refractivity contribution in [1.82, 2.24) is 0 Å². The van der Waals surface area contributed by atoms with Gasteiger partial charge in [0, 0.05) is 21.5 Å². The normalized spacial score (nSPS) is 13.2. The minimum Gasteiger partial charge on any atom is -0.462 e. The molecule has 0 radical (unpaired) electrons. The first kappa shape index (κ1) is 17.8. The summed E-state index contributed by atoms with van der Waals surface area (Å²) in [5.74, 6) is -1.30. The van der Waals surface area contributed by atoms with Gasteiger partial charge in [-0.1, -0.05) is 0 Å². The number of hydrogen-bond acceptors (Lipinski definition) is 5. The summed E-state index contributed by atoms with van der Waals surface area (Å²) in [7, 11) is 0. The van der Waals surface area contributed by atoms with E-state index in [0.29, 0.717) is 6.04 Å². The van der Waals surface area contributed by atoms with Gasteiger partial charge in [0.1, 0.15) is 0 Å². The van der Waals surface area contributed by atoms with Crippen LogP contribution >= 0.6 is 22.6 Å². The van der Waals surface area contributed by atoms with Crippen LogP contribution in [0, 0.1) is 3.57 Å². The van der Waals surface area contributed by atoms with Crippen molar-refractivity contribution in [1.29, 1.82) is 0 Å². The highest BCUT2D eigenvalue weighted by molar-refractivity contribution is 14.1. The Kier molecular flexibility index (Phi) is 6.44. The van der Waals surface area contributed by atoms with Crippen LogP contribution in [0.1, 0.15) is 26.7 Å². The minimum atomic E-state index is -0.651. The van der Waals surface area contributed by atoms with E-state index < -0.39 is 11.9 Å². The molecule has 2 rings (SSSR count). The van der Waals surface area contributed by atoms with E-state index in [1.807, 2.05) is 29.2 Å². The third-order valence-corrected chi connectivity index (χ3v) is 4.04. The van der Waals surface area contributed by atoms with Gasteiger partial charge in [0.15, 0.2) is 5.57 Å². The van der Waals surface area contributed by atoms with E-state index in [4.69, 9.17) is 9.47 Å². The fraction of sp³-hybridized carbons (Fsp3) is 0.412. The first-order valence-electron chi connectivity index (χ1n) is 7.66. The molecule has 1 fully saturated rings. The van der Waals surface area contributed by atoms with E-state index in [2.05, 4.69) is 22.6 Å². The van der Waals surface area contributed by atoms with Crippen molar-refractivity contribution in [2.24, 2.45) is 0 Å². The zero-order chi connectivity index (χ0) is 16.8. The van der Waals surface area contributed by atoms with Gasteiger partial charge in [-0.3, -0.25) is 0 Å². The van der Waals surface area contributed by atoms with E-state index in [9.17, 15) is 9.59 Å². The molecule has 0 bridgehead atoms. The topological polar surface area (TPSA) is 55.8 Å². The van der Waals surface area contributed by atoms with Crippen LogP contribution in [0.15, 0.2) is 36.0 Å².